The van der Waals surface area contributed by atoms with Gasteiger partial charge in [0.2, 0.25) is 0 Å². The molecule has 2 heterocycles. The Morgan fingerprint density at radius 3 is 2.96 bits per heavy atom. The lowest BCUT2D eigenvalue weighted by Gasteiger charge is -2.36. The normalized spacial score (nSPS) is 22.9. The first kappa shape index (κ1) is 19.8. The molecule has 2 aliphatic rings. The minimum atomic E-state index is -0.423. The van der Waals surface area contributed by atoms with Gasteiger partial charge in [0, 0.05) is 37.2 Å². The molecular formula is C20H31N3O4. The number of anilines is 1. The number of amides is 1. The molecule has 7 heteroatoms. The lowest BCUT2D eigenvalue weighted by Crippen LogP contribution is -2.47. The molecule has 3 rings (SSSR count). The van der Waals surface area contributed by atoms with E-state index in [1.165, 1.54) is 0 Å². The average molecular weight is 377 g/mol. The second-order valence-electron chi connectivity index (χ2n) is 7.43. The molecule has 0 saturated carbocycles. The van der Waals surface area contributed by atoms with Crippen LogP contribution in [0.25, 0.3) is 0 Å². The Balaban J connectivity index is 1.59. The van der Waals surface area contributed by atoms with Crippen LogP contribution in [0.1, 0.15) is 43.0 Å². The third kappa shape index (κ3) is 5.05. The number of nitrogens with zero attached hydrogens (tertiary/aromatic N) is 1. The molecule has 27 heavy (non-hydrogen) atoms. The Hall–Kier alpha value is -1.99. The molecule has 0 radical (unpaired) electrons. The van der Waals surface area contributed by atoms with Crippen molar-refractivity contribution in [2.75, 3.05) is 45.1 Å². The highest BCUT2D eigenvalue weighted by molar-refractivity contribution is 5.98. The molecule has 0 spiro atoms. The number of aliphatic hydroxyl groups excluding tert-OH is 1. The van der Waals surface area contributed by atoms with Gasteiger partial charge in [-0.15, -0.1) is 0 Å². The predicted octanol–water partition coefficient (Wildman–Crippen LogP) is 1.64. The number of fused-ring (bicyclic) bond motifs is 1. The molecule has 1 aromatic rings. The van der Waals surface area contributed by atoms with Crippen molar-refractivity contribution >= 4 is 11.6 Å². The van der Waals surface area contributed by atoms with Crippen LogP contribution in [0, 0.1) is 5.92 Å². The quantitative estimate of drug-likeness (QED) is 0.652. The second kappa shape index (κ2) is 9.28. The zero-order valence-corrected chi connectivity index (χ0v) is 16.1. The molecule has 150 valence electrons. The van der Waals surface area contributed by atoms with Crippen molar-refractivity contribution in [1.29, 1.82) is 0 Å². The van der Waals surface area contributed by atoms with Gasteiger partial charge in [-0.05, 0) is 32.0 Å². The van der Waals surface area contributed by atoms with Gasteiger partial charge in [0.25, 0.3) is 5.91 Å². The van der Waals surface area contributed by atoms with E-state index in [9.17, 15) is 9.90 Å². The summed E-state index contributed by atoms with van der Waals surface area (Å²) in [6.45, 7) is 6.32. The fourth-order valence-electron chi connectivity index (χ4n) is 3.65. The van der Waals surface area contributed by atoms with E-state index < -0.39 is 6.10 Å². The predicted molar refractivity (Wildman–Crippen MR) is 104 cm³/mol. The SMILES string of the molecule is CCCCN1CC[C@@H](CNC(=O)c2cc(N)cc3c2OCCCO3)C(O)C1. The Morgan fingerprint density at radius 2 is 2.19 bits per heavy atom. The summed E-state index contributed by atoms with van der Waals surface area (Å²) < 4.78 is 11.4. The fraction of sp³-hybridized carbons (Fsp3) is 0.650. The number of unbranched alkanes of at least 4 members (excludes halogenated alkanes) is 1. The van der Waals surface area contributed by atoms with Gasteiger partial charge in [-0.1, -0.05) is 13.3 Å². The lowest BCUT2D eigenvalue weighted by molar-refractivity contribution is 0.0217. The number of β-amino-alcohol motifs (C(OH)–C–C–N with tert-alkyl or cyclic N) is 1. The maximum absolute atomic E-state index is 12.7. The number of nitrogens with two attached hydrogens (primary N) is 1. The van der Waals surface area contributed by atoms with E-state index in [-0.39, 0.29) is 11.8 Å². The number of aliphatic hydroxyl groups is 1. The van der Waals surface area contributed by atoms with Crippen LogP contribution < -0.4 is 20.5 Å². The molecular weight excluding hydrogens is 346 g/mol. The summed E-state index contributed by atoms with van der Waals surface area (Å²) in [5.41, 5.74) is 6.78. The monoisotopic (exact) mass is 377 g/mol. The van der Waals surface area contributed by atoms with Crippen LogP contribution in [0.4, 0.5) is 5.69 Å². The van der Waals surface area contributed by atoms with Gasteiger partial charge in [-0.2, -0.15) is 0 Å². The van der Waals surface area contributed by atoms with Crippen molar-refractivity contribution in [1.82, 2.24) is 10.2 Å². The average Bonchev–Trinajstić information content (AvgIpc) is 2.90. The molecule has 1 unspecified atom stereocenters. The van der Waals surface area contributed by atoms with Crippen LogP contribution in [0.2, 0.25) is 0 Å². The number of rotatable bonds is 6. The van der Waals surface area contributed by atoms with Crippen molar-refractivity contribution in [3.63, 3.8) is 0 Å². The van der Waals surface area contributed by atoms with Gasteiger partial charge >= 0.3 is 0 Å². The van der Waals surface area contributed by atoms with Crippen LogP contribution in [-0.4, -0.2) is 61.4 Å². The maximum atomic E-state index is 12.7. The van der Waals surface area contributed by atoms with Gasteiger partial charge in [0.1, 0.15) is 0 Å². The third-order valence-corrected chi connectivity index (χ3v) is 5.27. The first-order valence-electron chi connectivity index (χ1n) is 9.96. The van der Waals surface area contributed by atoms with Gasteiger partial charge in [0.15, 0.2) is 11.5 Å². The van der Waals surface area contributed by atoms with Gasteiger partial charge in [-0.25, -0.2) is 0 Å². The number of carbonyl (C=O) groups is 1. The Labute approximate surface area is 160 Å². The highest BCUT2D eigenvalue weighted by atomic mass is 16.5. The zero-order chi connectivity index (χ0) is 19.2. The Morgan fingerprint density at radius 1 is 1.37 bits per heavy atom. The van der Waals surface area contributed by atoms with Gasteiger partial charge in [0.05, 0.1) is 24.9 Å². The van der Waals surface area contributed by atoms with Gasteiger partial charge < -0.3 is 30.5 Å². The van der Waals surface area contributed by atoms with E-state index in [4.69, 9.17) is 15.2 Å². The molecule has 1 saturated heterocycles. The van der Waals surface area contributed by atoms with E-state index in [0.29, 0.717) is 49.1 Å². The van der Waals surface area contributed by atoms with Crippen LogP contribution in [0.15, 0.2) is 12.1 Å². The molecule has 1 fully saturated rings. The molecule has 2 aliphatic heterocycles. The largest absolute Gasteiger partial charge is 0.489 e. The minimum Gasteiger partial charge on any atom is -0.489 e. The summed E-state index contributed by atoms with van der Waals surface area (Å²) in [5.74, 6) is 0.782. The highest BCUT2D eigenvalue weighted by Gasteiger charge is 2.28. The number of likely N-dealkylation sites (tertiary alicyclic amines) is 1. The summed E-state index contributed by atoms with van der Waals surface area (Å²) in [6, 6.07) is 3.31. The molecule has 2 atom stereocenters. The number of nitrogen functional groups attached to an aromatic ring is 1. The number of benzene rings is 1. The fourth-order valence-corrected chi connectivity index (χ4v) is 3.65. The number of hydrogen-bond acceptors (Lipinski definition) is 6. The summed E-state index contributed by atoms with van der Waals surface area (Å²) in [5, 5.41) is 13.4. The first-order chi connectivity index (χ1) is 13.1. The third-order valence-electron chi connectivity index (χ3n) is 5.27. The zero-order valence-electron chi connectivity index (χ0n) is 16.1. The lowest BCUT2D eigenvalue weighted by atomic mass is 9.93. The topological polar surface area (TPSA) is 97.1 Å². The van der Waals surface area contributed by atoms with Gasteiger partial charge in [-0.3, -0.25) is 4.79 Å². The van der Waals surface area contributed by atoms with Crippen LogP contribution >= 0.6 is 0 Å². The van der Waals surface area contributed by atoms with E-state index in [1.54, 1.807) is 12.1 Å². The summed E-state index contributed by atoms with van der Waals surface area (Å²) in [6.07, 6.45) is 3.52. The first-order valence-corrected chi connectivity index (χ1v) is 9.96. The number of piperidine rings is 1. The van der Waals surface area contributed by atoms with Crippen LogP contribution in [-0.2, 0) is 0 Å². The van der Waals surface area contributed by atoms with Crippen molar-refractivity contribution in [2.45, 2.75) is 38.7 Å². The Bertz CT molecular complexity index is 652. The van der Waals surface area contributed by atoms with Crippen LogP contribution in [0.5, 0.6) is 11.5 Å². The number of ether oxygens (including phenoxy) is 2. The summed E-state index contributed by atoms with van der Waals surface area (Å²) >= 11 is 0. The van der Waals surface area contributed by atoms with Crippen molar-refractivity contribution in [2.24, 2.45) is 5.92 Å². The smallest absolute Gasteiger partial charge is 0.255 e. The van der Waals surface area contributed by atoms with E-state index >= 15 is 0 Å². The number of hydrogen-bond donors (Lipinski definition) is 3. The van der Waals surface area contributed by atoms with E-state index in [1.807, 2.05) is 0 Å². The van der Waals surface area contributed by atoms with Crippen molar-refractivity contribution in [3.05, 3.63) is 17.7 Å². The molecule has 1 amide bonds. The number of carbonyl (C=O) groups excluding carboxylic acids is 1. The Kier molecular flexibility index (Phi) is 6.79. The molecule has 4 N–H and O–H groups in total. The maximum Gasteiger partial charge on any atom is 0.255 e. The van der Waals surface area contributed by atoms with Crippen molar-refractivity contribution in [3.8, 4) is 11.5 Å². The molecule has 1 aromatic carbocycles. The minimum absolute atomic E-state index is 0.0589. The van der Waals surface area contributed by atoms with Crippen LogP contribution in [0.3, 0.4) is 0 Å². The van der Waals surface area contributed by atoms with E-state index in [0.717, 1.165) is 38.8 Å². The van der Waals surface area contributed by atoms with E-state index in [2.05, 4.69) is 17.1 Å². The summed E-state index contributed by atoms with van der Waals surface area (Å²) in [7, 11) is 0. The number of nitrogens with one attached hydrogen (secondary N) is 1. The standard InChI is InChI=1S/C20H31N3O4/c1-2-3-6-23-7-5-14(17(24)13-23)12-22-20(25)16-10-15(21)11-18-19(16)27-9-4-8-26-18/h10-11,14,17,24H,2-9,12-13,21H2,1H3,(H,22,25)/t14-,17?/m0/s1. The molecule has 7 nitrogen and oxygen atoms in total. The summed E-state index contributed by atoms with van der Waals surface area (Å²) in [4.78, 5) is 15.0. The van der Waals surface area contributed by atoms with Crippen molar-refractivity contribution < 1.29 is 19.4 Å². The second-order valence-corrected chi connectivity index (χ2v) is 7.43. The molecule has 0 aliphatic carbocycles. The highest BCUT2D eigenvalue weighted by Crippen LogP contribution is 2.35. The molecule has 0 aromatic heterocycles. The molecule has 0 bridgehead atoms.